The van der Waals surface area contributed by atoms with E-state index in [9.17, 15) is 13.2 Å². The summed E-state index contributed by atoms with van der Waals surface area (Å²) in [5.41, 5.74) is 1.62. The zero-order valence-corrected chi connectivity index (χ0v) is 21.2. The first-order valence-corrected chi connectivity index (χ1v) is 12.7. The molecular weight excluding hydrogens is 480 g/mol. The third kappa shape index (κ3) is 7.92. The fourth-order valence-electron chi connectivity index (χ4n) is 3.31. The normalized spacial score (nSPS) is 12.1. The highest BCUT2D eigenvalue weighted by atomic mass is 35.5. The standard InChI is InChI=1S/C24H29ClN2O6S/c1-17(2)23(24(28)33-26)27(34(4,29)30)14-13-19-9-12-21(22(16-19)31-3)32-15-5-6-18-7-10-20(25)11-8-18/h7-12,16-17,23H,13-15,26H2,1-4H3/t23-/m0/s1. The van der Waals surface area contributed by atoms with Crippen LogP contribution >= 0.6 is 11.6 Å². The summed E-state index contributed by atoms with van der Waals surface area (Å²) >= 11 is 5.87. The average Bonchev–Trinajstić information content (AvgIpc) is 2.79. The fourth-order valence-corrected chi connectivity index (χ4v) is 4.61. The number of carbonyl (C=O) groups excluding carboxylic acids is 1. The van der Waals surface area contributed by atoms with E-state index in [0.29, 0.717) is 22.9 Å². The molecule has 0 saturated carbocycles. The van der Waals surface area contributed by atoms with E-state index in [1.807, 2.05) is 12.1 Å². The number of rotatable bonds is 10. The van der Waals surface area contributed by atoms with Crippen molar-refractivity contribution in [3.8, 4) is 23.3 Å². The summed E-state index contributed by atoms with van der Waals surface area (Å²) in [6.45, 7) is 3.67. The Morgan fingerprint density at radius 2 is 1.82 bits per heavy atom. The van der Waals surface area contributed by atoms with Crippen LogP contribution in [0.4, 0.5) is 0 Å². The number of halogens is 1. The second kappa shape index (κ2) is 12.6. The molecule has 0 bridgehead atoms. The van der Waals surface area contributed by atoms with Crippen LogP contribution in [-0.2, 0) is 26.1 Å². The zero-order valence-electron chi connectivity index (χ0n) is 19.6. The lowest BCUT2D eigenvalue weighted by molar-refractivity contribution is -0.150. The molecule has 0 aliphatic carbocycles. The van der Waals surface area contributed by atoms with E-state index >= 15 is 0 Å². The van der Waals surface area contributed by atoms with Crippen LogP contribution in [0.3, 0.4) is 0 Å². The number of hydrogen-bond acceptors (Lipinski definition) is 7. The molecule has 2 N–H and O–H groups in total. The predicted octanol–water partition coefficient (Wildman–Crippen LogP) is 3.02. The summed E-state index contributed by atoms with van der Waals surface area (Å²) in [4.78, 5) is 16.5. The summed E-state index contributed by atoms with van der Waals surface area (Å²) in [5.74, 6) is 10.8. The highest BCUT2D eigenvalue weighted by Crippen LogP contribution is 2.28. The molecule has 0 aliphatic rings. The van der Waals surface area contributed by atoms with Gasteiger partial charge in [-0.05, 0) is 54.3 Å². The number of carbonyl (C=O) groups is 1. The van der Waals surface area contributed by atoms with Crippen LogP contribution in [0.15, 0.2) is 42.5 Å². The molecule has 0 fully saturated rings. The van der Waals surface area contributed by atoms with Gasteiger partial charge in [0.25, 0.3) is 0 Å². The first kappa shape index (κ1) is 27.5. The van der Waals surface area contributed by atoms with Crippen LogP contribution in [-0.4, -0.2) is 51.3 Å². The zero-order chi connectivity index (χ0) is 25.3. The molecule has 8 nitrogen and oxygen atoms in total. The minimum absolute atomic E-state index is 0.0622. The summed E-state index contributed by atoms with van der Waals surface area (Å²) < 4.78 is 37.0. The maximum Gasteiger partial charge on any atom is 0.343 e. The Kier molecular flexibility index (Phi) is 10.2. The number of benzene rings is 2. The molecule has 0 aromatic heterocycles. The van der Waals surface area contributed by atoms with Gasteiger partial charge in [0.15, 0.2) is 11.5 Å². The van der Waals surface area contributed by atoms with Gasteiger partial charge >= 0.3 is 5.97 Å². The molecule has 2 rings (SSSR count). The molecule has 10 heteroatoms. The van der Waals surface area contributed by atoms with Gasteiger partial charge in [0, 0.05) is 17.1 Å². The number of nitrogens with zero attached hydrogens (tertiary/aromatic N) is 1. The van der Waals surface area contributed by atoms with E-state index in [4.69, 9.17) is 27.0 Å². The van der Waals surface area contributed by atoms with E-state index in [-0.39, 0.29) is 19.1 Å². The smallest absolute Gasteiger partial charge is 0.343 e. The highest BCUT2D eigenvalue weighted by Gasteiger charge is 2.35. The Morgan fingerprint density at radius 1 is 1.15 bits per heavy atom. The van der Waals surface area contributed by atoms with Gasteiger partial charge < -0.3 is 14.3 Å². The molecule has 0 amide bonds. The van der Waals surface area contributed by atoms with Crippen LogP contribution in [0.1, 0.15) is 25.0 Å². The van der Waals surface area contributed by atoms with Gasteiger partial charge in [-0.25, -0.2) is 13.2 Å². The maximum atomic E-state index is 12.4. The van der Waals surface area contributed by atoms with Gasteiger partial charge in [0.05, 0.1) is 13.4 Å². The van der Waals surface area contributed by atoms with E-state index in [1.54, 1.807) is 44.2 Å². The van der Waals surface area contributed by atoms with Gasteiger partial charge in [-0.1, -0.05) is 43.4 Å². The lowest BCUT2D eigenvalue weighted by Gasteiger charge is -2.30. The Labute approximate surface area is 205 Å². The topological polar surface area (TPSA) is 108 Å². The number of nitrogens with two attached hydrogens (primary N) is 1. The van der Waals surface area contributed by atoms with Gasteiger partial charge in [0.1, 0.15) is 12.6 Å². The van der Waals surface area contributed by atoms with Crippen LogP contribution in [0.5, 0.6) is 11.5 Å². The number of hydrogen-bond donors (Lipinski definition) is 1. The quantitative estimate of drug-likeness (QED) is 0.388. The second-order valence-corrected chi connectivity index (χ2v) is 10.2. The van der Waals surface area contributed by atoms with Crippen molar-refractivity contribution in [2.45, 2.75) is 26.3 Å². The molecule has 184 valence electrons. The minimum Gasteiger partial charge on any atom is -0.493 e. The van der Waals surface area contributed by atoms with Gasteiger partial charge in [-0.2, -0.15) is 10.2 Å². The lowest BCUT2D eigenvalue weighted by Crippen LogP contribution is -2.49. The molecule has 0 aliphatic heterocycles. The summed E-state index contributed by atoms with van der Waals surface area (Å²) in [6.07, 6.45) is 1.38. The van der Waals surface area contributed by atoms with Crippen molar-refractivity contribution in [2.24, 2.45) is 11.8 Å². The van der Waals surface area contributed by atoms with Crippen molar-refractivity contribution in [1.29, 1.82) is 0 Å². The van der Waals surface area contributed by atoms with Crippen molar-refractivity contribution in [3.05, 3.63) is 58.6 Å². The summed E-state index contributed by atoms with van der Waals surface area (Å²) in [5, 5.41) is 0.644. The number of sulfonamides is 1. The monoisotopic (exact) mass is 508 g/mol. The third-order valence-electron chi connectivity index (χ3n) is 4.95. The van der Waals surface area contributed by atoms with E-state index < -0.39 is 22.0 Å². The van der Waals surface area contributed by atoms with Crippen molar-refractivity contribution in [3.63, 3.8) is 0 Å². The third-order valence-corrected chi connectivity index (χ3v) is 6.46. The number of ether oxygens (including phenoxy) is 2. The highest BCUT2D eigenvalue weighted by molar-refractivity contribution is 7.88. The molecular formula is C24H29ClN2O6S. The van der Waals surface area contributed by atoms with Gasteiger partial charge in [-0.15, -0.1) is 0 Å². The maximum absolute atomic E-state index is 12.4. The van der Waals surface area contributed by atoms with Crippen molar-refractivity contribution >= 4 is 27.6 Å². The molecule has 0 saturated heterocycles. The van der Waals surface area contributed by atoms with Crippen molar-refractivity contribution in [2.75, 3.05) is 26.5 Å². The van der Waals surface area contributed by atoms with Crippen LogP contribution in [0.25, 0.3) is 0 Å². The molecule has 0 radical (unpaired) electrons. The van der Waals surface area contributed by atoms with E-state index in [2.05, 4.69) is 16.7 Å². The van der Waals surface area contributed by atoms with Gasteiger partial charge in [-0.3, -0.25) is 0 Å². The van der Waals surface area contributed by atoms with E-state index in [1.165, 1.54) is 7.11 Å². The van der Waals surface area contributed by atoms with Gasteiger partial charge in [0.2, 0.25) is 10.0 Å². The van der Waals surface area contributed by atoms with E-state index in [0.717, 1.165) is 21.7 Å². The Morgan fingerprint density at radius 3 is 2.38 bits per heavy atom. The molecule has 0 heterocycles. The summed E-state index contributed by atoms with van der Waals surface area (Å²) in [6, 6.07) is 11.4. The molecule has 34 heavy (non-hydrogen) atoms. The summed E-state index contributed by atoms with van der Waals surface area (Å²) in [7, 11) is -2.19. The predicted molar refractivity (Wildman–Crippen MR) is 131 cm³/mol. The Bertz CT molecular complexity index is 1140. The lowest BCUT2D eigenvalue weighted by atomic mass is 10.0. The molecule has 0 unspecified atom stereocenters. The van der Waals surface area contributed by atoms with Crippen molar-refractivity contribution in [1.82, 2.24) is 4.31 Å². The van der Waals surface area contributed by atoms with Crippen molar-refractivity contribution < 1.29 is 27.5 Å². The number of methoxy groups -OCH3 is 1. The van der Waals surface area contributed by atoms with Crippen LogP contribution in [0, 0.1) is 17.8 Å². The largest absolute Gasteiger partial charge is 0.493 e. The Balaban J connectivity index is 2.10. The molecule has 2 aromatic rings. The minimum atomic E-state index is -3.70. The molecule has 0 spiro atoms. The second-order valence-electron chi connectivity index (χ2n) is 7.83. The van der Waals surface area contributed by atoms with Crippen LogP contribution in [0.2, 0.25) is 5.02 Å². The SMILES string of the molecule is COc1cc(CCN([C@H](C(=O)ON)C(C)C)S(C)(=O)=O)ccc1OCC#Cc1ccc(Cl)cc1. The first-order chi connectivity index (χ1) is 16.1. The molecule has 2 aromatic carbocycles. The Hall–Kier alpha value is -2.77. The fraction of sp³-hybridized carbons (Fsp3) is 0.375. The average molecular weight is 509 g/mol. The molecule has 1 atom stereocenters. The first-order valence-electron chi connectivity index (χ1n) is 10.5. The van der Waals surface area contributed by atoms with Crippen LogP contribution < -0.4 is 15.4 Å².